The summed E-state index contributed by atoms with van der Waals surface area (Å²) in [6.45, 7) is 4.38. The van der Waals surface area contributed by atoms with Crippen LogP contribution in [0.1, 0.15) is 43.4 Å². The average Bonchev–Trinajstić information content (AvgIpc) is 2.25. The third-order valence-corrected chi connectivity index (χ3v) is 2.90. The van der Waals surface area contributed by atoms with Crippen LogP contribution in [0.5, 0.6) is 0 Å². The van der Waals surface area contributed by atoms with Crippen LogP contribution in [0.4, 0.5) is 0 Å². The minimum atomic E-state index is 0.200. The van der Waals surface area contributed by atoms with Gasteiger partial charge >= 0.3 is 0 Å². The Morgan fingerprint density at radius 3 is 2.00 bits per heavy atom. The van der Waals surface area contributed by atoms with Gasteiger partial charge in [-0.1, -0.05) is 38.1 Å². The molecule has 1 aromatic carbocycles. The van der Waals surface area contributed by atoms with Gasteiger partial charge in [0.05, 0.1) is 12.5 Å². The Hall–Kier alpha value is -1.33. The lowest BCUT2D eigenvalue weighted by Crippen LogP contribution is -2.19. The molecule has 1 rings (SSSR count). The Bertz CT molecular complexity index is 357. The predicted octanol–water partition coefficient (Wildman–Crippen LogP) is 3.33. The molecule has 0 aliphatic heterocycles. The summed E-state index contributed by atoms with van der Waals surface area (Å²) in [6, 6.07) is 11.0. The highest BCUT2D eigenvalue weighted by Gasteiger charge is 2.13. The molecule has 0 aromatic heterocycles. The topological polar surface area (TPSA) is 27.0 Å². The van der Waals surface area contributed by atoms with Gasteiger partial charge in [-0.3, -0.25) is 0 Å². The van der Waals surface area contributed by atoms with Crippen molar-refractivity contribution in [2.45, 2.75) is 32.2 Å². The van der Waals surface area contributed by atoms with Crippen LogP contribution in [-0.4, -0.2) is 19.0 Å². The molecule has 2 nitrogen and oxygen atoms in total. The second-order valence-electron chi connectivity index (χ2n) is 4.66. The average molecular weight is 216 g/mol. The molecule has 86 valence electrons. The zero-order chi connectivity index (χ0) is 12.1. The molecule has 0 heterocycles. The highest BCUT2D eigenvalue weighted by Crippen LogP contribution is 2.23. The quantitative estimate of drug-likeness (QED) is 0.772. The van der Waals surface area contributed by atoms with Gasteiger partial charge in [-0.2, -0.15) is 5.26 Å². The number of benzene rings is 1. The first kappa shape index (κ1) is 12.7. The van der Waals surface area contributed by atoms with Crippen LogP contribution >= 0.6 is 0 Å². The van der Waals surface area contributed by atoms with E-state index in [1.165, 1.54) is 11.1 Å². The molecule has 16 heavy (non-hydrogen) atoms. The van der Waals surface area contributed by atoms with Crippen molar-refractivity contribution in [1.82, 2.24) is 4.90 Å². The summed E-state index contributed by atoms with van der Waals surface area (Å²) in [5, 5.41) is 8.81. The highest BCUT2D eigenvalue weighted by atomic mass is 15.1. The lowest BCUT2D eigenvalue weighted by molar-refractivity contribution is 0.303. The zero-order valence-electron chi connectivity index (χ0n) is 10.6. The monoisotopic (exact) mass is 216 g/mol. The SMILES string of the molecule is CC(C)c1ccc(C(CC#N)N(C)C)cc1. The Labute approximate surface area is 98.5 Å². The standard InChI is InChI=1S/C14H20N2/c1-11(2)12-5-7-13(8-6-12)14(9-10-15)16(3)4/h5-8,11,14H,9H2,1-4H3. The summed E-state index contributed by atoms with van der Waals surface area (Å²) in [7, 11) is 4.02. The van der Waals surface area contributed by atoms with Gasteiger partial charge in [0.2, 0.25) is 0 Å². The third-order valence-electron chi connectivity index (χ3n) is 2.90. The van der Waals surface area contributed by atoms with Gasteiger partial charge < -0.3 is 4.90 Å². The minimum Gasteiger partial charge on any atom is -0.301 e. The van der Waals surface area contributed by atoms with Crippen molar-refractivity contribution in [1.29, 1.82) is 5.26 Å². The van der Waals surface area contributed by atoms with Crippen LogP contribution in [-0.2, 0) is 0 Å². The third kappa shape index (κ3) is 3.08. The van der Waals surface area contributed by atoms with E-state index in [0.717, 1.165) is 0 Å². The first-order chi connectivity index (χ1) is 7.56. The first-order valence-corrected chi connectivity index (χ1v) is 5.69. The molecule has 0 spiro atoms. The molecule has 0 N–H and O–H groups in total. The maximum absolute atomic E-state index is 8.81. The van der Waals surface area contributed by atoms with E-state index in [1.807, 2.05) is 14.1 Å². The lowest BCUT2D eigenvalue weighted by Gasteiger charge is -2.22. The molecule has 1 aromatic rings. The van der Waals surface area contributed by atoms with Gasteiger partial charge in [0, 0.05) is 6.04 Å². The maximum atomic E-state index is 8.81. The number of nitrogens with zero attached hydrogens (tertiary/aromatic N) is 2. The molecule has 0 radical (unpaired) electrons. The van der Waals surface area contributed by atoms with E-state index >= 15 is 0 Å². The summed E-state index contributed by atoms with van der Waals surface area (Å²) >= 11 is 0. The summed E-state index contributed by atoms with van der Waals surface area (Å²) in [5.74, 6) is 0.558. The molecule has 1 unspecified atom stereocenters. The van der Waals surface area contributed by atoms with Gasteiger partial charge in [0.25, 0.3) is 0 Å². The number of hydrogen-bond acceptors (Lipinski definition) is 2. The molecule has 0 aliphatic carbocycles. The Balaban J connectivity index is 2.90. The number of rotatable bonds is 4. The fourth-order valence-corrected chi connectivity index (χ4v) is 1.79. The fraction of sp³-hybridized carbons (Fsp3) is 0.500. The van der Waals surface area contributed by atoms with Crippen molar-refractivity contribution < 1.29 is 0 Å². The molecular formula is C14H20N2. The van der Waals surface area contributed by atoms with Crippen molar-refractivity contribution in [3.63, 3.8) is 0 Å². The van der Waals surface area contributed by atoms with Gasteiger partial charge in [-0.15, -0.1) is 0 Å². The Morgan fingerprint density at radius 1 is 1.12 bits per heavy atom. The molecule has 0 saturated carbocycles. The second-order valence-corrected chi connectivity index (χ2v) is 4.66. The lowest BCUT2D eigenvalue weighted by atomic mass is 9.97. The molecule has 0 fully saturated rings. The van der Waals surface area contributed by atoms with Crippen molar-refractivity contribution in [3.05, 3.63) is 35.4 Å². The Morgan fingerprint density at radius 2 is 1.62 bits per heavy atom. The molecule has 0 amide bonds. The van der Waals surface area contributed by atoms with Crippen LogP contribution in [0.25, 0.3) is 0 Å². The summed E-state index contributed by atoms with van der Waals surface area (Å²) in [6.07, 6.45) is 0.536. The van der Waals surface area contributed by atoms with Gasteiger partial charge in [0.15, 0.2) is 0 Å². The van der Waals surface area contributed by atoms with E-state index in [1.54, 1.807) is 0 Å². The van der Waals surface area contributed by atoms with E-state index in [4.69, 9.17) is 5.26 Å². The molecule has 0 saturated heterocycles. The van der Waals surface area contributed by atoms with Crippen LogP contribution in [0.3, 0.4) is 0 Å². The van der Waals surface area contributed by atoms with Gasteiger partial charge in [-0.05, 0) is 31.1 Å². The summed E-state index contributed by atoms with van der Waals surface area (Å²) in [4.78, 5) is 2.09. The van der Waals surface area contributed by atoms with E-state index in [-0.39, 0.29) is 6.04 Å². The van der Waals surface area contributed by atoms with Crippen molar-refractivity contribution in [2.24, 2.45) is 0 Å². The summed E-state index contributed by atoms with van der Waals surface area (Å²) < 4.78 is 0. The van der Waals surface area contributed by atoms with E-state index in [9.17, 15) is 0 Å². The first-order valence-electron chi connectivity index (χ1n) is 5.69. The maximum Gasteiger partial charge on any atom is 0.0641 e. The molecule has 1 atom stereocenters. The van der Waals surface area contributed by atoms with Crippen molar-refractivity contribution >= 4 is 0 Å². The molecule has 0 aliphatic rings. The smallest absolute Gasteiger partial charge is 0.0641 e. The predicted molar refractivity (Wildman–Crippen MR) is 67.2 cm³/mol. The van der Waals surface area contributed by atoms with Crippen molar-refractivity contribution in [2.75, 3.05) is 14.1 Å². The Kier molecular flexibility index (Phi) is 4.52. The van der Waals surface area contributed by atoms with E-state index in [2.05, 4.69) is 49.1 Å². The summed E-state index contributed by atoms with van der Waals surface area (Å²) in [5.41, 5.74) is 2.56. The number of nitriles is 1. The van der Waals surface area contributed by atoms with Crippen LogP contribution in [0.2, 0.25) is 0 Å². The molecule has 0 bridgehead atoms. The fourth-order valence-electron chi connectivity index (χ4n) is 1.79. The normalized spacial score (nSPS) is 12.8. The molecular weight excluding hydrogens is 196 g/mol. The van der Waals surface area contributed by atoms with Gasteiger partial charge in [-0.25, -0.2) is 0 Å². The number of hydrogen-bond donors (Lipinski definition) is 0. The second kappa shape index (κ2) is 5.67. The minimum absolute atomic E-state index is 0.200. The van der Waals surface area contributed by atoms with Crippen LogP contribution < -0.4 is 0 Å². The van der Waals surface area contributed by atoms with Crippen LogP contribution in [0.15, 0.2) is 24.3 Å². The van der Waals surface area contributed by atoms with E-state index in [0.29, 0.717) is 12.3 Å². The van der Waals surface area contributed by atoms with Crippen molar-refractivity contribution in [3.8, 4) is 6.07 Å². The van der Waals surface area contributed by atoms with Crippen LogP contribution in [0, 0.1) is 11.3 Å². The van der Waals surface area contributed by atoms with E-state index < -0.39 is 0 Å². The molecule has 2 heteroatoms. The van der Waals surface area contributed by atoms with Gasteiger partial charge in [0.1, 0.15) is 0 Å². The zero-order valence-corrected chi connectivity index (χ0v) is 10.6. The highest BCUT2D eigenvalue weighted by molar-refractivity contribution is 5.27. The largest absolute Gasteiger partial charge is 0.301 e.